The number of amides is 2. The molecule has 11 nitrogen and oxygen atoms in total. The number of ether oxygens (including phenoxy) is 6. The van der Waals surface area contributed by atoms with Crippen LogP contribution in [0.5, 0.6) is 11.5 Å². The van der Waals surface area contributed by atoms with Gasteiger partial charge in [-0.25, -0.2) is 14.5 Å². The monoisotopic (exact) mass is 650 g/mol. The molecule has 0 N–H and O–H groups in total. The number of hydrogen-bond donors (Lipinski definition) is 0. The van der Waals surface area contributed by atoms with Crippen molar-refractivity contribution in [2.75, 3.05) is 38.9 Å². The number of fused-ring (bicyclic) bond motifs is 3. The molecule has 12 heteroatoms. The van der Waals surface area contributed by atoms with Gasteiger partial charge < -0.3 is 33.3 Å². The zero-order valence-corrected chi connectivity index (χ0v) is 26.8. The molecule has 46 heavy (non-hydrogen) atoms. The number of benzene rings is 2. The van der Waals surface area contributed by atoms with Crippen LogP contribution < -0.4 is 14.4 Å². The maximum atomic E-state index is 14.2. The Morgan fingerprint density at radius 2 is 1.91 bits per heavy atom. The van der Waals surface area contributed by atoms with E-state index in [0.717, 1.165) is 35.8 Å². The SMILES string of the molecule is C=CCOC(=O)N1c2cc(OCc3c(C(=O)OC)sc4ccccc34)c(OC)cc2C(=O)N2CCCC[C@H]2C1OC1CCCCO1. The Labute approximate surface area is 271 Å². The summed E-state index contributed by atoms with van der Waals surface area (Å²) in [6.45, 7) is 4.74. The van der Waals surface area contributed by atoms with Crippen molar-refractivity contribution in [1.82, 2.24) is 4.90 Å². The van der Waals surface area contributed by atoms with E-state index in [-0.39, 0.29) is 36.1 Å². The van der Waals surface area contributed by atoms with E-state index in [2.05, 4.69) is 6.58 Å². The fourth-order valence-electron chi connectivity index (χ4n) is 6.34. The lowest BCUT2D eigenvalue weighted by atomic mass is 10.00. The van der Waals surface area contributed by atoms with Gasteiger partial charge in [0.05, 0.1) is 31.5 Å². The van der Waals surface area contributed by atoms with Crippen molar-refractivity contribution in [3.63, 3.8) is 0 Å². The molecule has 3 aliphatic heterocycles. The minimum Gasteiger partial charge on any atom is -0.493 e. The Morgan fingerprint density at radius 3 is 2.67 bits per heavy atom. The number of nitrogens with zero attached hydrogens (tertiary/aromatic N) is 2. The number of piperidine rings is 1. The zero-order chi connectivity index (χ0) is 32.2. The first-order valence-electron chi connectivity index (χ1n) is 15.5. The van der Waals surface area contributed by atoms with Crippen LogP contribution in [0.15, 0.2) is 49.1 Å². The molecule has 3 aliphatic rings. The van der Waals surface area contributed by atoms with Gasteiger partial charge in [-0.1, -0.05) is 30.9 Å². The number of carbonyl (C=O) groups is 3. The highest BCUT2D eigenvalue weighted by Crippen LogP contribution is 2.43. The van der Waals surface area contributed by atoms with E-state index in [4.69, 9.17) is 28.4 Å². The average molecular weight is 651 g/mol. The second-order valence-corrected chi connectivity index (χ2v) is 12.4. The lowest BCUT2D eigenvalue weighted by Crippen LogP contribution is -2.57. The molecule has 0 aliphatic carbocycles. The van der Waals surface area contributed by atoms with Gasteiger partial charge in [0.15, 0.2) is 24.0 Å². The summed E-state index contributed by atoms with van der Waals surface area (Å²) in [5.74, 6) is -0.126. The summed E-state index contributed by atoms with van der Waals surface area (Å²) in [4.78, 5) is 44.5. The van der Waals surface area contributed by atoms with Crippen LogP contribution in [-0.2, 0) is 25.6 Å². The predicted molar refractivity (Wildman–Crippen MR) is 172 cm³/mol. The van der Waals surface area contributed by atoms with Gasteiger partial charge in [0.2, 0.25) is 0 Å². The summed E-state index contributed by atoms with van der Waals surface area (Å²) >= 11 is 1.33. The first-order valence-corrected chi connectivity index (χ1v) is 16.3. The highest BCUT2D eigenvalue weighted by atomic mass is 32.1. The summed E-state index contributed by atoms with van der Waals surface area (Å²) in [6.07, 6.45) is 4.29. The minimum absolute atomic E-state index is 0.00302. The topological polar surface area (TPSA) is 113 Å². The molecular formula is C34H38N2O9S. The van der Waals surface area contributed by atoms with Gasteiger partial charge in [-0.3, -0.25) is 4.79 Å². The first-order chi connectivity index (χ1) is 22.4. The third-order valence-electron chi connectivity index (χ3n) is 8.56. The van der Waals surface area contributed by atoms with E-state index >= 15 is 0 Å². The van der Waals surface area contributed by atoms with Crippen LogP contribution in [0.4, 0.5) is 10.5 Å². The Morgan fingerprint density at radius 1 is 1.09 bits per heavy atom. The van der Waals surface area contributed by atoms with Crippen molar-refractivity contribution in [3.05, 3.63) is 65.1 Å². The fraction of sp³-hybridized carbons (Fsp3) is 0.441. The van der Waals surface area contributed by atoms with Crippen molar-refractivity contribution >= 4 is 45.1 Å². The van der Waals surface area contributed by atoms with E-state index in [9.17, 15) is 14.4 Å². The third kappa shape index (κ3) is 6.16. The molecule has 1 aromatic heterocycles. The van der Waals surface area contributed by atoms with Crippen LogP contribution in [-0.4, -0.2) is 75.4 Å². The highest BCUT2D eigenvalue weighted by molar-refractivity contribution is 7.21. The molecule has 2 amide bonds. The Bertz CT molecular complexity index is 1620. The number of methoxy groups -OCH3 is 2. The van der Waals surface area contributed by atoms with Crippen LogP contribution in [0.1, 0.15) is 64.1 Å². The average Bonchev–Trinajstić information content (AvgIpc) is 3.43. The molecule has 6 rings (SSSR count). The van der Waals surface area contributed by atoms with Gasteiger partial charge in [-0.2, -0.15) is 0 Å². The molecule has 4 heterocycles. The molecule has 2 aromatic carbocycles. The molecule has 0 saturated carbocycles. The normalized spacial score (nSPS) is 21.2. The number of esters is 1. The molecule has 2 unspecified atom stereocenters. The van der Waals surface area contributed by atoms with Gasteiger partial charge in [-0.15, -0.1) is 11.3 Å². The molecule has 2 fully saturated rings. The van der Waals surface area contributed by atoms with E-state index in [1.54, 1.807) is 17.0 Å². The smallest absolute Gasteiger partial charge is 0.416 e. The van der Waals surface area contributed by atoms with Crippen molar-refractivity contribution in [1.29, 1.82) is 0 Å². The molecule has 0 radical (unpaired) electrons. The van der Waals surface area contributed by atoms with Crippen LogP contribution in [0.25, 0.3) is 10.1 Å². The van der Waals surface area contributed by atoms with Gasteiger partial charge in [-0.05, 0) is 56.0 Å². The zero-order valence-electron chi connectivity index (χ0n) is 26.0. The summed E-state index contributed by atoms with van der Waals surface area (Å²) in [5, 5.41) is 0.865. The summed E-state index contributed by atoms with van der Waals surface area (Å²) in [7, 11) is 2.83. The van der Waals surface area contributed by atoms with Crippen LogP contribution in [0, 0.1) is 0 Å². The third-order valence-corrected chi connectivity index (χ3v) is 9.75. The molecule has 3 atom stereocenters. The molecule has 0 bridgehead atoms. The van der Waals surface area contributed by atoms with E-state index in [0.29, 0.717) is 42.2 Å². The van der Waals surface area contributed by atoms with E-state index in [1.165, 1.54) is 36.5 Å². The number of rotatable bonds is 9. The van der Waals surface area contributed by atoms with Crippen LogP contribution in [0.2, 0.25) is 0 Å². The molecule has 3 aromatic rings. The lowest BCUT2D eigenvalue weighted by molar-refractivity contribution is -0.198. The summed E-state index contributed by atoms with van der Waals surface area (Å²) in [5.41, 5.74) is 1.20. The highest BCUT2D eigenvalue weighted by Gasteiger charge is 2.47. The fourth-order valence-corrected chi connectivity index (χ4v) is 7.47. The molecule has 2 saturated heterocycles. The molecule has 0 spiro atoms. The number of anilines is 1. The Kier molecular flexibility index (Phi) is 9.76. The van der Waals surface area contributed by atoms with Crippen LogP contribution >= 0.6 is 11.3 Å². The molecular weight excluding hydrogens is 612 g/mol. The van der Waals surface area contributed by atoms with Crippen molar-refractivity contribution in [2.45, 2.75) is 63.7 Å². The largest absolute Gasteiger partial charge is 0.493 e. The maximum absolute atomic E-state index is 14.2. The van der Waals surface area contributed by atoms with Crippen molar-refractivity contribution < 1.29 is 42.8 Å². The standard InChI is InChI=1S/C34H38N2O9S/c1-4-16-43-34(39)36-25-19-27(44-20-23-21-11-5-6-13-28(21)46-30(23)33(38)41-3)26(40-2)18-22(25)31(37)35-15-9-7-12-24(35)32(36)45-29-14-8-10-17-42-29/h4-6,11,13,18-19,24,29,32H,1,7-10,12,14-17,20H2,2-3H3/t24-,29?,32?/m0/s1. The lowest BCUT2D eigenvalue weighted by Gasteiger charge is -2.42. The molecule has 244 valence electrons. The minimum atomic E-state index is -0.876. The predicted octanol–water partition coefficient (Wildman–Crippen LogP) is 6.28. The maximum Gasteiger partial charge on any atom is 0.416 e. The second kappa shape index (κ2) is 14.1. The van der Waals surface area contributed by atoms with Crippen LogP contribution in [0.3, 0.4) is 0 Å². The van der Waals surface area contributed by atoms with Gasteiger partial charge in [0, 0.05) is 29.5 Å². The number of carbonyl (C=O) groups excluding carboxylic acids is 3. The first kappa shape index (κ1) is 31.8. The van der Waals surface area contributed by atoms with E-state index < -0.39 is 30.6 Å². The van der Waals surface area contributed by atoms with E-state index in [1.807, 2.05) is 24.3 Å². The number of hydrogen-bond acceptors (Lipinski definition) is 10. The Hall–Kier alpha value is -4.13. The van der Waals surface area contributed by atoms with Gasteiger partial charge >= 0.3 is 12.1 Å². The Balaban J connectivity index is 1.44. The van der Waals surface area contributed by atoms with Crippen molar-refractivity contribution in [3.8, 4) is 11.5 Å². The van der Waals surface area contributed by atoms with Gasteiger partial charge in [0.25, 0.3) is 5.91 Å². The second-order valence-electron chi connectivity index (χ2n) is 11.3. The number of thiophene rings is 1. The van der Waals surface area contributed by atoms with Crippen molar-refractivity contribution in [2.24, 2.45) is 0 Å². The summed E-state index contributed by atoms with van der Waals surface area (Å²) in [6, 6.07) is 10.4. The quantitative estimate of drug-likeness (QED) is 0.195. The van der Waals surface area contributed by atoms with Gasteiger partial charge in [0.1, 0.15) is 18.1 Å². The summed E-state index contributed by atoms with van der Waals surface area (Å²) < 4.78 is 36.2.